The van der Waals surface area contributed by atoms with E-state index < -0.39 is 11.8 Å². The molecule has 0 unspecified atom stereocenters. The van der Waals surface area contributed by atoms with Gasteiger partial charge in [0.2, 0.25) is 0 Å². The topological polar surface area (TPSA) is 72.2 Å². The Kier molecular flexibility index (Phi) is 1.67. The van der Waals surface area contributed by atoms with E-state index in [0.29, 0.717) is 11.1 Å². The van der Waals surface area contributed by atoms with Crippen molar-refractivity contribution in [2.75, 3.05) is 0 Å². The molecule has 3 rings (SSSR count). The third-order valence-corrected chi connectivity index (χ3v) is 2.40. The van der Waals surface area contributed by atoms with Crippen LogP contribution in [0.3, 0.4) is 0 Å². The van der Waals surface area contributed by atoms with Gasteiger partial charge in [-0.3, -0.25) is 19.9 Å². The predicted molar refractivity (Wildman–Crippen MR) is 55.1 cm³/mol. The summed E-state index contributed by atoms with van der Waals surface area (Å²) < 4.78 is 5.27. The quantitative estimate of drug-likeness (QED) is 0.715. The number of carbonyl (C=O) groups excluding carboxylic acids is 2. The number of hydrogen-bond acceptors (Lipinski definition) is 4. The molecule has 0 spiro atoms. The van der Waals surface area contributed by atoms with Crippen molar-refractivity contribution >= 4 is 28.4 Å². The molecule has 1 aliphatic rings. The summed E-state index contributed by atoms with van der Waals surface area (Å²) >= 11 is 0. The van der Waals surface area contributed by atoms with Gasteiger partial charge in [-0.25, -0.2) is 0 Å². The molecular formula is C11H6N2O3. The minimum Gasteiger partial charge on any atom is -0.464 e. The van der Waals surface area contributed by atoms with Gasteiger partial charge >= 0.3 is 0 Å². The molecule has 0 bridgehead atoms. The van der Waals surface area contributed by atoms with Gasteiger partial charge in [0.1, 0.15) is 5.58 Å². The van der Waals surface area contributed by atoms with Crippen molar-refractivity contribution in [3.05, 3.63) is 36.4 Å². The maximum Gasteiger partial charge on any atom is 0.259 e. The van der Waals surface area contributed by atoms with Crippen molar-refractivity contribution in [2.24, 2.45) is 0 Å². The largest absolute Gasteiger partial charge is 0.464 e. The summed E-state index contributed by atoms with van der Waals surface area (Å²) in [4.78, 5) is 26.5. The number of fused-ring (bicyclic) bond motifs is 1. The fraction of sp³-hybridized carbons (Fsp3) is 0. The average molecular weight is 214 g/mol. The highest BCUT2D eigenvalue weighted by Crippen LogP contribution is 2.26. The highest BCUT2D eigenvalue weighted by molar-refractivity contribution is 6.34. The van der Waals surface area contributed by atoms with Crippen LogP contribution < -0.4 is 5.32 Å². The number of nitrogens with one attached hydrogen (secondary N) is 1. The molecule has 0 atom stereocenters. The summed E-state index contributed by atoms with van der Waals surface area (Å²) in [6.07, 6.45) is 5.92. The first-order valence-electron chi connectivity index (χ1n) is 4.64. The minimum atomic E-state index is -0.421. The summed E-state index contributed by atoms with van der Waals surface area (Å²) in [5.74, 6) is -0.834. The maximum atomic E-state index is 11.5. The number of amides is 2. The second-order valence-electron chi connectivity index (χ2n) is 3.40. The van der Waals surface area contributed by atoms with Gasteiger partial charge in [0, 0.05) is 29.4 Å². The normalized spacial score (nSPS) is 15.4. The Hall–Kier alpha value is -2.43. The standard InChI is InChI=1S/C11H6N2O3/c14-9-3-7(11(15)13-9)8-5-12-4-6-1-2-16-10(6)8/h1-5H,(H,13,14,15). The van der Waals surface area contributed by atoms with E-state index in [1.807, 2.05) is 0 Å². The van der Waals surface area contributed by atoms with E-state index in [1.54, 1.807) is 12.3 Å². The van der Waals surface area contributed by atoms with Crippen LogP contribution in [-0.2, 0) is 9.59 Å². The van der Waals surface area contributed by atoms with Crippen molar-refractivity contribution in [3.8, 4) is 0 Å². The zero-order chi connectivity index (χ0) is 11.1. The third kappa shape index (κ3) is 1.15. The molecule has 2 aromatic rings. The van der Waals surface area contributed by atoms with Gasteiger partial charge in [-0.2, -0.15) is 0 Å². The average Bonchev–Trinajstić information content (AvgIpc) is 2.84. The number of rotatable bonds is 1. The van der Waals surface area contributed by atoms with E-state index in [-0.39, 0.29) is 5.57 Å². The van der Waals surface area contributed by atoms with Crippen molar-refractivity contribution in [2.45, 2.75) is 0 Å². The molecule has 0 saturated carbocycles. The first-order valence-corrected chi connectivity index (χ1v) is 4.64. The zero-order valence-electron chi connectivity index (χ0n) is 8.06. The van der Waals surface area contributed by atoms with E-state index in [4.69, 9.17) is 4.42 Å². The van der Waals surface area contributed by atoms with E-state index in [2.05, 4.69) is 10.3 Å². The van der Waals surface area contributed by atoms with Crippen molar-refractivity contribution < 1.29 is 14.0 Å². The van der Waals surface area contributed by atoms with Gasteiger partial charge in [-0.15, -0.1) is 0 Å². The van der Waals surface area contributed by atoms with Crippen molar-refractivity contribution in [3.63, 3.8) is 0 Å². The van der Waals surface area contributed by atoms with Gasteiger partial charge in [-0.05, 0) is 6.07 Å². The van der Waals surface area contributed by atoms with Crippen LogP contribution in [-0.4, -0.2) is 16.8 Å². The fourth-order valence-electron chi connectivity index (χ4n) is 1.69. The Bertz CT molecular complexity index is 639. The number of furan rings is 1. The van der Waals surface area contributed by atoms with Crippen molar-refractivity contribution in [1.29, 1.82) is 0 Å². The highest BCUT2D eigenvalue weighted by atomic mass is 16.3. The maximum absolute atomic E-state index is 11.5. The van der Waals surface area contributed by atoms with Gasteiger partial charge in [0.25, 0.3) is 11.8 Å². The summed E-state index contributed by atoms with van der Waals surface area (Å²) in [5, 5.41) is 2.98. The Labute approximate surface area is 89.8 Å². The smallest absolute Gasteiger partial charge is 0.259 e. The van der Waals surface area contributed by atoms with E-state index >= 15 is 0 Å². The molecule has 1 N–H and O–H groups in total. The molecule has 0 aromatic carbocycles. The number of carbonyl (C=O) groups is 2. The summed E-state index contributed by atoms with van der Waals surface area (Å²) in [7, 11) is 0. The van der Waals surface area contributed by atoms with E-state index in [0.717, 1.165) is 5.39 Å². The van der Waals surface area contributed by atoms with Crippen LogP contribution in [0.25, 0.3) is 16.5 Å². The molecule has 0 aliphatic carbocycles. The van der Waals surface area contributed by atoms with Crippen LogP contribution in [0.5, 0.6) is 0 Å². The highest BCUT2D eigenvalue weighted by Gasteiger charge is 2.24. The first kappa shape index (κ1) is 8.84. The predicted octanol–water partition coefficient (Wildman–Crippen LogP) is 0.868. The number of nitrogens with zero attached hydrogens (tertiary/aromatic N) is 1. The van der Waals surface area contributed by atoms with Gasteiger partial charge < -0.3 is 4.42 Å². The molecule has 2 amide bonds. The summed E-state index contributed by atoms with van der Waals surface area (Å²) in [5.41, 5.74) is 1.38. The number of hydrogen-bond donors (Lipinski definition) is 1. The molecule has 16 heavy (non-hydrogen) atoms. The molecule has 0 fully saturated rings. The molecule has 5 nitrogen and oxygen atoms in total. The molecule has 0 radical (unpaired) electrons. The van der Waals surface area contributed by atoms with Gasteiger partial charge in [0.15, 0.2) is 0 Å². The second kappa shape index (κ2) is 3.03. The Balaban J connectivity index is 2.27. The SMILES string of the molecule is O=C1C=C(c2cncc3ccoc23)C(=O)N1. The molecule has 78 valence electrons. The third-order valence-electron chi connectivity index (χ3n) is 2.40. The number of imide groups is 1. The fourth-order valence-corrected chi connectivity index (χ4v) is 1.69. The lowest BCUT2D eigenvalue weighted by molar-refractivity contribution is -0.123. The van der Waals surface area contributed by atoms with Crippen LogP contribution in [0.1, 0.15) is 5.56 Å². The van der Waals surface area contributed by atoms with E-state index in [1.165, 1.54) is 18.5 Å². The Morgan fingerprint density at radius 2 is 2.12 bits per heavy atom. The molecule has 0 saturated heterocycles. The van der Waals surface area contributed by atoms with Crippen LogP contribution >= 0.6 is 0 Å². The van der Waals surface area contributed by atoms with E-state index in [9.17, 15) is 9.59 Å². The first-order chi connectivity index (χ1) is 7.75. The van der Waals surface area contributed by atoms with Crippen LogP contribution in [0.15, 0.2) is 35.2 Å². The summed E-state index contributed by atoms with van der Waals surface area (Å²) in [6.45, 7) is 0. The monoisotopic (exact) mass is 214 g/mol. The lowest BCUT2D eigenvalue weighted by Crippen LogP contribution is -2.21. The van der Waals surface area contributed by atoms with Gasteiger partial charge in [0.05, 0.1) is 11.8 Å². The Morgan fingerprint density at radius 1 is 1.25 bits per heavy atom. The van der Waals surface area contributed by atoms with Gasteiger partial charge in [-0.1, -0.05) is 0 Å². The van der Waals surface area contributed by atoms with Crippen LogP contribution in [0, 0.1) is 0 Å². The lowest BCUT2D eigenvalue weighted by atomic mass is 10.1. The molecule has 3 heterocycles. The molecule has 2 aromatic heterocycles. The number of aromatic nitrogens is 1. The van der Waals surface area contributed by atoms with Crippen LogP contribution in [0.4, 0.5) is 0 Å². The lowest BCUT2D eigenvalue weighted by Gasteiger charge is -1.99. The molecule has 5 heteroatoms. The van der Waals surface area contributed by atoms with Crippen LogP contribution in [0.2, 0.25) is 0 Å². The summed E-state index contributed by atoms with van der Waals surface area (Å²) in [6, 6.07) is 1.75. The molecular weight excluding hydrogens is 208 g/mol. The zero-order valence-corrected chi connectivity index (χ0v) is 8.06. The van der Waals surface area contributed by atoms with Crippen molar-refractivity contribution in [1.82, 2.24) is 10.3 Å². The Morgan fingerprint density at radius 3 is 2.88 bits per heavy atom. The second-order valence-corrected chi connectivity index (χ2v) is 3.40. The minimum absolute atomic E-state index is 0.290. The molecule has 1 aliphatic heterocycles. The number of pyridine rings is 1.